The average molecular weight is 1600 g/mol. The molecule has 0 bridgehead atoms. The number of fused-ring (bicyclic) bond motifs is 3. The van der Waals surface area contributed by atoms with E-state index in [9.17, 15) is 0 Å². The minimum Gasteiger partial charge on any atom is -0.454 e. The van der Waals surface area contributed by atoms with E-state index in [2.05, 4.69) is 444 Å². The van der Waals surface area contributed by atoms with Gasteiger partial charge in [0.15, 0.2) is 11.5 Å². The zero-order chi connectivity index (χ0) is 77.5. The normalized spacial score (nSPS) is 12.5. The van der Waals surface area contributed by atoms with Gasteiger partial charge in [0.25, 0.3) is 0 Å². The van der Waals surface area contributed by atoms with Crippen LogP contribution in [0, 0.1) is 0 Å². The van der Waals surface area contributed by atoms with E-state index < -0.39 is 0 Å². The molecule has 2 nitrogen and oxygen atoms in total. The summed E-state index contributed by atoms with van der Waals surface area (Å²) in [4.78, 5) is 0. The molecule has 0 amide bonds. The van der Waals surface area contributed by atoms with Crippen LogP contribution in [-0.4, -0.2) is 6.79 Å². The van der Waals surface area contributed by atoms with Crippen LogP contribution in [0.2, 0.25) is 0 Å². The highest BCUT2D eigenvalue weighted by atomic mass is 16.7. The molecule has 0 N–H and O–H groups in total. The zero-order valence-electron chi connectivity index (χ0n) is 67.0. The Morgan fingerprint density at radius 2 is 0.608 bits per heavy atom. The van der Waals surface area contributed by atoms with Crippen LogP contribution < -0.4 is 9.47 Å². The van der Waals surface area contributed by atoms with Gasteiger partial charge in [-0.2, -0.15) is 0 Å². The molecule has 0 spiro atoms. The molecule has 1 aliphatic heterocycles. The Kier molecular flexibility index (Phi) is 52.1. The molecule has 3 atom stereocenters. The van der Waals surface area contributed by atoms with Crippen molar-refractivity contribution in [2.45, 2.75) is 221 Å². The van der Waals surface area contributed by atoms with Crippen molar-refractivity contribution in [3.05, 3.63) is 489 Å². The molecule has 636 valence electrons. The van der Waals surface area contributed by atoms with Gasteiger partial charge in [0, 0.05) is 23.2 Å². The molecular formula is C118H152O2. The quantitative estimate of drug-likeness (QED) is 0.0953. The van der Waals surface area contributed by atoms with Gasteiger partial charge in [0.1, 0.15) is 0 Å². The van der Waals surface area contributed by atoms with Gasteiger partial charge < -0.3 is 9.47 Å². The summed E-state index contributed by atoms with van der Waals surface area (Å²) in [7, 11) is 0. The predicted octanol–water partition coefficient (Wildman–Crippen LogP) is 34.9. The first kappa shape index (κ1) is 107. The summed E-state index contributed by atoms with van der Waals surface area (Å²) in [5.74, 6) is 5.44. The third kappa shape index (κ3) is 32.4. The molecule has 2 aliphatic carbocycles. The van der Waals surface area contributed by atoms with Crippen molar-refractivity contribution in [2.75, 3.05) is 6.79 Å². The Morgan fingerprint density at radius 3 is 0.950 bits per heavy atom. The summed E-state index contributed by atoms with van der Waals surface area (Å²) in [5.41, 5.74) is 22.6. The molecule has 0 aromatic heterocycles. The third-order valence-corrected chi connectivity index (χ3v) is 21.9. The molecule has 0 fully saturated rings. The molecule has 2 heteroatoms. The second kappa shape index (κ2) is 58.5. The van der Waals surface area contributed by atoms with E-state index in [4.69, 9.17) is 9.47 Å². The first-order chi connectivity index (χ1) is 54.5. The van der Waals surface area contributed by atoms with Crippen LogP contribution in [0.15, 0.2) is 400 Å². The zero-order valence-corrected chi connectivity index (χ0v) is 67.0. The van der Waals surface area contributed by atoms with Crippen LogP contribution in [0.1, 0.15) is 279 Å². The summed E-state index contributed by atoms with van der Waals surface area (Å²) in [6, 6.07) is 141. The van der Waals surface area contributed by atoms with Crippen molar-refractivity contribution in [1.29, 1.82) is 0 Å². The summed E-state index contributed by atoms with van der Waals surface area (Å²) in [6.07, 6.45) is 11.3. The number of hydrogen-bond acceptors (Lipinski definition) is 2. The van der Waals surface area contributed by atoms with Gasteiger partial charge in [-0.3, -0.25) is 0 Å². The van der Waals surface area contributed by atoms with Crippen molar-refractivity contribution in [1.82, 2.24) is 0 Å². The van der Waals surface area contributed by atoms with Gasteiger partial charge in [-0.15, -0.1) is 0 Å². The Balaban J connectivity index is 0.000000683. The maximum absolute atomic E-state index is 5.22. The molecular weight excluding hydrogens is 1450 g/mol. The Hall–Kier alpha value is -11.3. The average Bonchev–Trinajstić information content (AvgIpc) is 0.960. The summed E-state index contributed by atoms with van der Waals surface area (Å²) in [6.45, 7) is 18.4. The first-order valence-corrected chi connectivity index (χ1v) is 40.6. The fraction of sp³-hybridized carbons (Fsp3) is 0.288. The fourth-order valence-electron chi connectivity index (χ4n) is 15.1. The summed E-state index contributed by atoms with van der Waals surface area (Å²) in [5, 5.41) is 0. The lowest BCUT2D eigenvalue weighted by atomic mass is 9.71. The van der Waals surface area contributed by atoms with Crippen LogP contribution in [0.25, 0.3) is 0 Å². The smallest absolute Gasteiger partial charge is 0.231 e. The van der Waals surface area contributed by atoms with Crippen molar-refractivity contribution < 1.29 is 9.47 Å². The van der Waals surface area contributed by atoms with E-state index in [1.165, 1.54) is 112 Å². The molecule has 3 unspecified atom stereocenters. The number of hydrogen-bond donors (Lipinski definition) is 0. The van der Waals surface area contributed by atoms with Crippen molar-refractivity contribution in [2.24, 2.45) is 0 Å². The highest BCUT2D eigenvalue weighted by Crippen LogP contribution is 2.40. The van der Waals surface area contributed by atoms with Crippen LogP contribution in [0.4, 0.5) is 0 Å². The van der Waals surface area contributed by atoms with Crippen LogP contribution >= 0.6 is 0 Å². The number of ether oxygens (including phenoxy) is 2. The number of rotatable bonds is 15. The second-order valence-corrected chi connectivity index (χ2v) is 29.6. The van der Waals surface area contributed by atoms with E-state index in [1.54, 1.807) is 22.3 Å². The van der Waals surface area contributed by atoms with Crippen molar-refractivity contribution >= 4 is 0 Å². The monoisotopic (exact) mass is 1600 g/mol. The van der Waals surface area contributed by atoms with Gasteiger partial charge in [-0.25, -0.2) is 0 Å². The minimum atomic E-state index is -0.121. The number of benzene rings is 14. The van der Waals surface area contributed by atoms with Crippen LogP contribution in [-0.2, 0) is 31.1 Å². The molecule has 14 aromatic carbocycles. The Bertz CT molecular complexity index is 4490. The SMILES string of the molecule is C.C.C.C.C.C.C.C.C.CC(Cc1ccccc1)c1ccccc1.CC(c1ccccc1)(c1ccccc1)c1ccccc1.CC(c1ccccc1)c1ccccc1.CC(c1ccccc1)c1ccccc1.CC1CCCc2ccccc21.CC1CCc2ccccc21.CCCC(c1ccccc1)c1ccccc1.CCc1ccc2c(c1)OCO2. The molecule has 3 aliphatic rings. The molecule has 14 aromatic rings. The van der Waals surface area contributed by atoms with Crippen molar-refractivity contribution in [3.63, 3.8) is 0 Å². The lowest BCUT2D eigenvalue weighted by Gasteiger charge is -2.31. The minimum absolute atomic E-state index is 0. The van der Waals surface area contributed by atoms with E-state index >= 15 is 0 Å². The maximum Gasteiger partial charge on any atom is 0.231 e. The molecule has 0 saturated carbocycles. The summed E-state index contributed by atoms with van der Waals surface area (Å²) < 4.78 is 10.4. The fourth-order valence-corrected chi connectivity index (χ4v) is 15.1. The highest BCUT2D eigenvalue weighted by Gasteiger charge is 2.30. The maximum atomic E-state index is 5.22. The van der Waals surface area contributed by atoms with E-state index in [-0.39, 0.29) is 72.3 Å². The second-order valence-electron chi connectivity index (χ2n) is 29.6. The van der Waals surface area contributed by atoms with Gasteiger partial charge in [-0.1, -0.05) is 510 Å². The Morgan fingerprint density at radius 1 is 0.308 bits per heavy atom. The molecule has 120 heavy (non-hydrogen) atoms. The highest BCUT2D eigenvalue weighted by molar-refractivity contribution is 5.50. The first-order valence-electron chi connectivity index (χ1n) is 40.6. The lowest BCUT2D eigenvalue weighted by Crippen LogP contribution is -2.25. The summed E-state index contributed by atoms with van der Waals surface area (Å²) >= 11 is 0. The van der Waals surface area contributed by atoms with Crippen molar-refractivity contribution in [3.8, 4) is 11.5 Å². The van der Waals surface area contributed by atoms with Gasteiger partial charge in [-0.05, 0) is 177 Å². The van der Waals surface area contributed by atoms with E-state index in [0.29, 0.717) is 30.5 Å². The third-order valence-electron chi connectivity index (χ3n) is 21.9. The van der Waals surface area contributed by atoms with Crippen LogP contribution in [0.5, 0.6) is 11.5 Å². The molecule has 0 radical (unpaired) electrons. The van der Waals surface area contributed by atoms with Gasteiger partial charge >= 0.3 is 0 Å². The van der Waals surface area contributed by atoms with E-state index in [0.717, 1.165) is 36.2 Å². The molecule has 0 saturated heterocycles. The standard InChI is InChI=1S/C20H18.C16H18.C15H16.2C14H14.C11H14.C10H12.C9H10O2.9CH4/c1-20(17-11-5-2-6-12-17,18-13-7-3-8-14-18)19-15-9-4-10-16-19;1-2-9-16(14-10-5-3-6-11-14)15-12-7-4-8-13-15;1-13(15-10-6-3-7-11-15)12-14-8-4-2-5-9-14;2*1-12(13-8-4-2-5-9-13)14-10-6-3-7-11-14;1-9-5-4-7-10-6-2-3-8-11(9)10;1-8-6-7-9-4-2-3-5-10(8)9;1-2-7-3-4-8-9(5-7)11-6-10-8;;;;;;;;;/h2-16H,1H3;3-8,10-13,16H,2,9H2,1H3;2-11,13H,12H2,1H3;2*2-12H,1H3;2-3,6,8-9H,4-5,7H2,1H3;2-5,8H,6-7H2,1H3;3-5H,2,6H2,1H3;9*1H4. The van der Waals surface area contributed by atoms with Gasteiger partial charge in [0.05, 0.1) is 0 Å². The molecule has 17 rings (SSSR count). The molecule has 1 heterocycles. The Labute approximate surface area is 733 Å². The number of aryl methyl sites for hydroxylation is 3. The van der Waals surface area contributed by atoms with E-state index in [1.807, 2.05) is 12.1 Å². The van der Waals surface area contributed by atoms with Gasteiger partial charge in [0.2, 0.25) is 6.79 Å². The largest absolute Gasteiger partial charge is 0.454 e. The predicted molar refractivity (Wildman–Crippen MR) is 534 cm³/mol. The topological polar surface area (TPSA) is 18.5 Å². The van der Waals surface area contributed by atoms with Crippen LogP contribution in [0.3, 0.4) is 0 Å². The lowest BCUT2D eigenvalue weighted by molar-refractivity contribution is 0.174.